The van der Waals surface area contributed by atoms with Gasteiger partial charge in [0, 0.05) is 22.9 Å². The molecule has 1 fully saturated rings. The number of aromatic nitrogens is 4. The molecule has 5 nitrogen and oxygen atoms in total. The van der Waals surface area contributed by atoms with E-state index in [2.05, 4.69) is 46.5 Å². The summed E-state index contributed by atoms with van der Waals surface area (Å²) in [6, 6.07) is 22.9. The minimum atomic E-state index is -0.166. The van der Waals surface area contributed by atoms with Crippen LogP contribution in [-0.2, 0) is 5.54 Å². The maximum Gasteiger partial charge on any atom is 0.253 e. The van der Waals surface area contributed by atoms with Crippen molar-refractivity contribution in [3.8, 4) is 33.1 Å². The van der Waals surface area contributed by atoms with Gasteiger partial charge in [-0.25, -0.2) is 9.50 Å². The van der Waals surface area contributed by atoms with Crippen LogP contribution in [-0.4, -0.2) is 19.6 Å². The molecule has 0 radical (unpaired) electrons. The molecule has 1 aliphatic carbocycles. The number of nitrogens with zero attached hydrogens (tertiary/aromatic N) is 4. The van der Waals surface area contributed by atoms with Gasteiger partial charge in [0.15, 0.2) is 5.82 Å². The monoisotopic (exact) mass is 423 g/mol. The Balaban J connectivity index is 1.51. The van der Waals surface area contributed by atoms with Gasteiger partial charge in [-0.05, 0) is 41.8 Å². The van der Waals surface area contributed by atoms with E-state index in [1.807, 2.05) is 41.9 Å². The molecule has 2 N–H and O–H groups in total. The number of thiophene rings is 1. The van der Waals surface area contributed by atoms with E-state index in [1.54, 1.807) is 15.9 Å². The Bertz CT molecular complexity index is 1350. The van der Waals surface area contributed by atoms with Crippen LogP contribution < -0.4 is 5.73 Å². The van der Waals surface area contributed by atoms with Gasteiger partial charge in [0.2, 0.25) is 0 Å². The van der Waals surface area contributed by atoms with Gasteiger partial charge in [-0.3, -0.25) is 0 Å². The number of hydrogen-bond donors (Lipinski definition) is 1. The molecule has 5 aromatic rings. The van der Waals surface area contributed by atoms with Gasteiger partial charge in [0.25, 0.3) is 5.78 Å². The lowest BCUT2D eigenvalue weighted by atomic mass is 9.72. The third-order valence-electron chi connectivity index (χ3n) is 6.14. The summed E-state index contributed by atoms with van der Waals surface area (Å²) in [6.45, 7) is 0. The second-order valence-electron chi connectivity index (χ2n) is 8.11. The molecule has 0 saturated heterocycles. The average Bonchev–Trinajstić information content (AvgIpc) is 3.47. The molecular formula is C25H21N5S. The molecule has 3 heterocycles. The van der Waals surface area contributed by atoms with Crippen LogP contribution in [0, 0.1) is 0 Å². The Morgan fingerprint density at radius 3 is 2.35 bits per heavy atom. The summed E-state index contributed by atoms with van der Waals surface area (Å²) in [5.74, 6) is 1.29. The highest BCUT2D eigenvalue weighted by atomic mass is 32.1. The molecule has 3 aromatic heterocycles. The maximum absolute atomic E-state index is 6.52. The Hall–Kier alpha value is -3.35. The van der Waals surface area contributed by atoms with Gasteiger partial charge in [-0.15, -0.1) is 16.4 Å². The van der Waals surface area contributed by atoms with E-state index >= 15 is 0 Å². The summed E-state index contributed by atoms with van der Waals surface area (Å²) in [5, 5.41) is 6.71. The van der Waals surface area contributed by atoms with E-state index in [1.165, 1.54) is 12.0 Å². The predicted octanol–water partition coefficient (Wildman–Crippen LogP) is 5.52. The Morgan fingerprint density at radius 1 is 0.871 bits per heavy atom. The number of benzene rings is 2. The topological polar surface area (TPSA) is 69.1 Å². The van der Waals surface area contributed by atoms with Crippen LogP contribution in [0.1, 0.15) is 24.8 Å². The summed E-state index contributed by atoms with van der Waals surface area (Å²) in [7, 11) is 0. The van der Waals surface area contributed by atoms with Crippen molar-refractivity contribution in [2.45, 2.75) is 24.8 Å². The average molecular weight is 424 g/mol. The van der Waals surface area contributed by atoms with Crippen molar-refractivity contribution in [1.29, 1.82) is 0 Å². The molecule has 6 rings (SSSR count). The molecule has 1 aliphatic rings. The van der Waals surface area contributed by atoms with Crippen molar-refractivity contribution in [2.75, 3.05) is 0 Å². The number of fused-ring (bicyclic) bond motifs is 1. The highest BCUT2D eigenvalue weighted by Gasteiger charge is 2.34. The van der Waals surface area contributed by atoms with Crippen molar-refractivity contribution in [2.24, 2.45) is 5.73 Å². The first-order valence-electron chi connectivity index (χ1n) is 10.5. The zero-order valence-corrected chi connectivity index (χ0v) is 17.7. The molecule has 1 saturated carbocycles. The van der Waals surface area contributed by atoms with Crippen LogP contribution in [0.15, 0.2) is 78.3 Å². The Labute approximate surface area is 184 Å². The van der Waals surface area contributed by atoms with Gasteiger partial charge in [0.05, 0.1) is 10.6 Å². The van der Waals surface area contributed by atoms with Crippen molar-refractivity contribution >= 4 is 17.1 Å². The van der Waals surface area contributed by atoms with Crippen LogP contribution >= 0.6 is 11.3 Å². The lowest BCUT2D eigenvalue weighted by molar-refractivity contribution is 0.253. The molecule has 0 aliphatic heterocycles. The van der Waals surface area contributed by atoms with Crippen LogP contribution in [0.2, 0.25) is 0 Å². The van der Waals surface area contributed by atoms with Gasteiger partial charge < -0.3 is 5.73 Å². The van der Waals surface area contributed by atoms with E-state index < -0.39 is 0 Å². The fourth-order valence-corrected chi connectivity index (χ4v) is 4.84. The smallest absolute Gasteiger partial charge is 0.253 e. The molecular weight excluding hydrogens is 402 g/mol. The summed E-state index contributed by atoms with van der Waals surface area (Å²) in [6.07, 6.45) is 5.34. The minimum absolute atomic E-state index is 0.166. The van der Waals surface area contributed by atoms with Gasteiger partial charge in [-0.1, -0.05) is 60.7 Å². The molecule has 0 unspecified atom stereocenters. The zero-order valence-electron chi connectivity index (χ0n) is 16.9. The van der Waals surface area contributed by atoms with Crippen LogP contribution in [0.3, 0.4) is 0 Å². The second kappa shape index (κ2) is 7.11. The first-order valence-corrected chi connectivity index (χ1v) is 11.3. The quantitative estimate of drug-likeness (QED) is 0.413. The largest absolute Gasteiger partial charge is 0.321 e. The number of hydrogen-bond acceptors (Lipinski definition) is 5. The van der Waals surface area contributed by atoms with Crippen molar-refractivity contribution in [3.63, 3.8) is 0 Å². The van der Waals surface area contributed by atoms with Gasteiger partial charge >= 0.3 is 0 Å². The van der Waals surface area contributed by atoms with Crippen molar-refractivity contribution < 1.29 is 0 Å². The van der Waals surface area contributed by atoms with Crippen LogP contribution in [0.5, 0.6) is 0 Å². The second-order valence-corrected chi connectivity index (χ2v) is 9.06. The first kappa shape index (κ1) is 18.4. The summed E-state index contributed by atoms with van der Waals surface area (Å²) < 4.78 is 1.78. The highest BCUT2D eigenvalue weighted by molar-refractivity contribution is 7.13. The lowest BCUT2D eigenvalue weighted by Crippen LogP contribution is -2.43. The van der Waals surface area contributed by atoms with Gasteiger partial charge in [-0.2, -0.15) is 4.98 Å². The summed E-state index contributed by atoms with van der Waals surface area (Å²) in [5.41, 5.74) is 11.6. The van der Waals surface area contributed by atoms with Crippen molar-refractivity contribution in [1.82, 2.24) is 19.6 Å². The lowest BCUT2D eigenvalue weighted by Gasteiger charge is -2.38. The van der Waals surface area contributed by atoms with E-state index in [-0.39, 0.29) is 5.54 Å². The minimum Gasteiger partial charge on any atom is -0.321 e. The molecule has 0 spiro atoms. The molecule has 0 bridgehead atoms. The predicted molar refractivity (Wildman–Crippen MR) is 125 cm³/mol. The summed E-state index contributed by atoms with van der Waals surface area (Å²) in [4.78, 5) is 10.7. The van der Waals surface area contributed by atoms with E-state index in [9.17, 15) is 0 Å². The van der Waals surface area contributed by atoms with E-state index in [4.69, 9.17) is 10.7 Å². The molecule has 2 aromatic carbocycles. The standard InChI is InChI=1S/C25H21N5S/c26-25(13-5-14-25)19-11-9-18(10-12-19)22-20(17-6-2-1-3-7-17)16-30-24(27-22)28-23(29-30)21-8-4-15-31-21/h1-4,6-12,15-16H,5,13-14,26H2. The molecule has 0 atom stereocenters. The first-order chi connectivity index (χ1) is 15.2. The molecule has 31 heavy (non-hydrogen) atoms. The SMILES string of the molecule is NC1(c2ccc(-c3nc4nc(-c5cccs5)nn4cc3-c3ccccc3)cc2)CCC1. The molecule has 152 valence electrons. The Morgan fingerprint density at radius 2 is 1.68 bits per heavy atom. The van der Waals surface area contributed by atoms with Gasteiger partial charge in [0.1, 0.15) is 0 Å². The molecule has 6 heteroatoms. The van der Waals surface area contributed by atoms with Crippen LogP contribution in [0.4, 0.5) is 0 Å². The molecule has 0 amide bonds. The number of nitrogens with two attached hydrogens (primary N) is 1. The highest BCUT2D eigenvalue weighted by Crippen LogP contribution is 2.39. The maximum atomic E-state index is 6.52. The van der Waals surface area contributed by atoms with Crippen molar-refractivity contribution in [3.05, 3.63) is 83.9 Å². The summed E-state index contributed by atoms with van der Waals surface area (Å²) >= 11 is 1.63. The van der Waals surface area contributed by atoms with Crippen LogP contribution in [0.25, 0.3) is 38.9 Å². The zero-order chi connectivity index (χ0) is 20.8. The van der Waals surface area contributed by atoms with E-state index in [0.717, 1.165) is 40.1 Å². The normalized spacial score (nSPS) is 15.1. The number of rotatable bonds is 4. The Kier molecular flexibility index (Phi) is 4.23. The fourth-order valence-electron chi connectivity index (χ4n) is 4.19. The fraction of sp³-hybridized carbons (Fsp3) is 0.160. The third-order valence-corrected chi connectivity index (χ3v) is 7.00. The third kappa shape index (κ3) is 3.15. The van der Waals surface area contributed by atoms with E-state index in [0.29, 0.717) is 11.6 Å².